The van der Waals surface area contributed by atoms with Gasteiger partial charge in [0, 0.05) is 11.7 Å². The molecule has 0 aliphatic heterocycles. The molecule has 0 fully saturated rings. The van der Waals surface area contributed by atoms with Crippen molar-refractivity contribution in [1.29, 1.82) is 0 Å². The van der Waals surface area contributed by atoms with Crippen molar-refractivity contribution in [2.75, 3.05) is 0 Å². The Hall–Kier alpha value is -2.43. The number of alkyl halides is 6. The number of nitrogens with one attached hydrogen (secondary N) is 1. The monoisotopic (exact) mass is 451 g/mol. The number of pyridine rings is 1. The normalized spacial score (nSPS) is 13.7. The zero-order chi connectivity index (χ0) is 22.9. The minimum Gasteiger partial charge on any atom is -0.325 e. The molecule has 0 spiro atoms. The van der Waals surface area contributed by atoms with E-state index in [0.29, 0.717) is 0 Å². The maximum Gasteiger partial charge on any atom is 0.418 e. The van der Waals surface area contributed by atoms with E-state index in [4.69, 9.17) is 0 Å². The van der Waals surface area contributed by atoms with Crippen LogP contribution in [0.15, 0.2) is 42.6 Å². The quantitative estimate of drug-likeness (QED) is 0.453. The second-order valence-electron chi connectivity index (χ2n) is 7.42. The van der Waals surface area contributed by atoms with E-state index >= 15 is 0 Å². The number of hydrogen-bond acceptors (Lipinski definition) is 3. The molecule has 30 heavy (non-hydrogen) atoms. The molecular weight excluding hydrogens is 432 g/mol. The minimum absolute atomic E-state index is 0.00353. The Kier molecular flexibility index (Phi) is 6.65. The van der Waals surface area contributed by atoms with Crippen LogP contribution in [0.3, 0.4) is 0 Å². The summed E-state index contributed by atoms with van der Waals surface area (Å²) in [4.78, 5) is 16.4. The van der Waals surface area contributed by atoms with Gasteiger partial charge in [-0.25, -0.2) is 4.79 Å². The molecule has 0 aliphatic rings. The van der Waals surface area contributed by atoms with Crippen LogP contribution in [-0.4, -0.2) is 20.9 Å². The Labute approximate surface area is 174 Å². The molecule has 0 aliphatic carbocycles. The minimum atomic E-state index is -4.79. The number of rotatable bonds is 3. The van der Waals surface area contributed by atoms with Gasteiger partial charge in [0.2, 0.25) is 0 Å². The average Bonchev–Trinajstić information content (AvgIpc) is 2.63. The first kappa shape index (κ1) is 23.8. The van der Waals surface area contributed by atoms with Gasteiger partial charge in [-0.2, -0.15) is 26.3 Å². The Morgan fingerprint density at radius 2 is 1.57 bits per heavy atom. The van der Waals surface area contributed by atoms with E-state index in [2.05, 4.69) is 23.1 Å². The molecule has 164 valence electrons. The van der Waals surface area contributed by atoms with Crippen LogP contribution in [0.1, 0.15) is 49.2 Å². The fourth-order valence-electron chi connectivity index (χ4n) is 2.55. The van der Waals surface area contributed by atoms with Gasteiger partial charge in [0.25, 0.3) is 0 Å². The van der Waals surface area contributed by atoms with Crippen LogP contribution in [-0.2, 0) is 12.4 Å². The highest BCUT2D eigenvalue weighted by Crippen LogP contribution is 2.36. The molecule has 2 amide bonds. The summed E-state index contributed by atoms with van der Waals surface area (Å²) in [5.74, 6) is 0. The Morgan fingerprint density at radius 3 is 2.03 bits per heavy atom. The molecule has 2 aromatic rings. The first-order valence-electron chi connectivity index (χ1n) is 8.61. The Bertz CT molecular complexity index is 891. The van der Waals surface area contributed by atoms with Crippen molar-refractivity contribution in [2.45, 2.75) is 44.7 Å². The van der Waals surface area contributed by atoms with Crippen LogP contribution < -0.4 is 5.32 Å². The van der Waals surface area contributed by atoms with Gasteiger partial charge in [0.05, 0.1) is 22.9 Å². The van der Waals surface area contributed by atoms with Gasteiger partial charge < -0.3 is 5.32 Å². The molecule has 11 heteroatoms. The van der Waals surface area contributed by atoms with Gasteiger partial charge in [-0.15, -0.1) is 0 Å². The molecule has 0 saturated heterocycles. The van der Waals surface area contributed by atoms with Crippen molar-refractivity contribution < 1.29 is 31.1 Å². The fourth-order valence-corrected chi connectivity index (χ4v) is 2.61. The number of amides is 2. The number of nitrogens with zero attached hydrogens (tertiary/aromatic N) is 2. The number of carbonyl (C=O) groups is 1. The van der Waals surface area contributed by atoms with Gasteiger partial charge in [0.15, 0.2) is 0 Å². The van der Waals surface area contributed by atoms with Gasteiger partial charge in [-0.3, -0.25) is 9.29 Å². The predicted octanol–water partition coefficient (Wildman–Crippen LogP) is 5.86. The first-order valence-corrected chi connectivity index (χ1v) is 9.01. The Balaban J connectivity index is 2.56. The van der Waals surface area contributed by atoms with E-state index in [1.807, 2.05) is 0 Å². The van der Waals surface area contributed by atoms with Gasteiger partial charge >= 0.3 is 18.4 Å². The molecule has 0 bridgehead atoms. The summed E-state index contributed by atoms with van der Waals surface area (Å²) in [6, 6.07) is 3.03. The van der Waals surface area contributed by atoms with Crippen molar-refractivity contribution >= 4 is 18.8 Å². The predicted molar refractivity (Wildman–Crippen MR) is 102 cm³/mol. The van der Waals surface area contributed by atoms with Crippen LogP contribution in [0.4, 0.5) is 31.1 Å². The van der Waals surface area contributed by atoms with E-state index in [1.54, 1.807) is 20.8 Å². The number of urea groups is 1. The lowest BCUT2D eigenvalue weighted by atomic mass is 9.97. The van der Waals surface area contributed by atoms with Crippen molar-refractivity contribution in [3.63, 3.8) is 0 Å². The van der Waals surface area contributed by atoms with Crippen LogP contribution in [0.25, 0.3) is 0 Å². The maximum atomic E-state index is 13.5. The van der Waals surface area contributed by atoms with E-state index in [9.17, 15) is 31.1 Å². The van der Waals surface area contributed by atoms with Crippen LogP contribution >= 0.6 is 12.8 Å². The third-order valence-corrected chi connectivity index (χ3v) is 4.87. The molecule has 1 aromatic heterocycles. The van der Waals surface area contributed by atoms with Crippen LogP contribution in [0, 0.1) is 0 Å². The number of halogens is 6. The van der Waals surface area contributed by atoms with Crippen LogP contribution in [0.5, 0.6) is 0 Å². The lowest BCUT2D eigenvalue weighted by Gasteiger charge is -2.32. The third-order valence-electron chi connectivity index (χ3n) is 4.08. The zero-order valence-electron chi connectivity index (χ0n) is 16.1. The highest BCUT2D eigenvalue weighted by atomic mass is 32.1. The largest absolute Gasteiger partial charge is 0.418 e. The maximum absolute atomic E-state index is 13.5. The number of hydrogen-bond donors (Lipinski definition) is 2. The smallest absolute Gasteiger partial charge is 0.325 e. The molecule has 2 rings (SSSR count). The summed E-state index contributed by atoms with van der Waals surface area (Å²) in [6.07, 6.45) is -8.30. The molecule has 1 N–H and O–H groups in total. The number of benzene rings is 1. The van der Waals surface area contributed by atoms with Gasteiger partial charge in [0.1, 0.15) is 0 Å². The van der Waals surface area contributed by atoms with E-state index in [-0.39, 0.29) is 5.56 Å². The highest BCUT2D eigenvalue weighted by molar-refractivity contribution is 7.78. The van der Waals surface area contributed by atoms with E-state index in [0.717, 1.165) is 46.9 Å². The van der Waals surface area contributed by atoms with Gasteiger partial charge in [-0.1, -0.05) is 24.9 Å². The lowest BCUT2D eigenvalue weighted by Crippen LogP contribution is -2.46. The average molecular weight is 451 g/mol. The SMILES string of the molecule is CC(C)(C)N(S)C(=O)NC(c1ccc(C(F)(F)F)cc1)c1ncccc1C(F)(F)F. The highest BCUT2D eigenvalue weighted by Gasteiger charge is 2.38. The zero-order valence-corrected chi connectivity index (χ0v) is 17.0. The molecule has 1 unspecified atom stereocenters. The summed E-state index contributed by atoms with van der Waals surface area (Å²) >= 11 is 4.07. The summed E-state index contributed by atoms with van der Waals surface area (Å²) < 4.78 is 80.1. The number of aromatic nitrogens is 1. The van der Waals surface area contributed by atoms with Crippen molar-refractivity contribution in [2.24, 2.45) is 0 Å². The Morgan fingerprint density at radius 1 is 1.00 bits per heavy atom. The molecule has 1 aromatic carbocycles. The summed E-state index contributed by atoms with van der Waals surface area (Å²) in [7, 11) is 0. The second kappa shape index (κ2) is 8.37. The topological polar surface area (TPSA) is 45.2 Å². The van der Waals surface area contributed by atoms with E-state index in [1.165, 1.54) is 0 Å². The van der Waals surface area contributed by atoms with Crippen molar-refractivity contribution in [3.8, 4) is 0 Å². The molecule has 1 atom stereocenters. The second-order valence-corrected chi connectivity index (χ2v) is 7.82. The van der Waals surface area contributed by atoms with Crippen molar-refractivity contribution in [3.05, 3.63) is 65.0 Å². The first-order chi connectivity index (χ1) is 13.6. The standard InChI is InChI=1S/C19H19F6N3OS/c1-17(2,3)28(30)16(29)27-14(11-6-8-12(9-7-11)18(20,21)22)15-13(19(23,24)25)5-4-10-26-15/h4-10,14,30H,1-3H3,(H,27,29). The molecular formula is C19H19F6N3OS. The molecule has 1 heterocycles. The molecule has 0 radical (unpaired) electrons. The van der Waals surface area contributed by atoms with Gasteiger partial charge in [-0.05, 0) is 50.6 Å². The summed E-state index contributed by atoms with van der Waals surface area (Å²) in [5.41, 5.74) is -3.42. The van der Waals surface area contributed by atoms with Crippen molar-refractivity contribution in [1.82, 2.24) is 14.6 Å². The third kappa shape index (κ3) is 5.59. The number of carbonyl (C=O) groups excluding carboxylic acids is 1. The van der Waals surface area contributed by atoms with Crippen LogP contribution in [0.2, 0.25) is 0 Å². The molecule has 0 saturated carbocycles. The molecule has 4 nitrogen and oxygen atoms in total. The summed E-state index contributed by atoms with van der Waals surface area (Å²) in [6.45, 7) is 4.94. The number of thiol groups is 1. The fraction of sp³-hybridized carbons (Fsp3) is 0.368. The van der Waals surface area contributed by atoms with E-state index < -0.39 is 46.8 Å². The lowest BCUT2D eigenvalue weighted by molar-refractivity contribution is -0.139. The summed E-state index contributed by atoms with van der Waals surface area (Å²) in [5, 5.41) is 2.39.